The topological polar surface area (TPSA) is 17.3 Å². The van der Waals surface area contributed by atoms with Gasteiger partial charge in [0.2, 0.25) is 0 Å². The molecule has 2 heterocycles. The van der Waals surface area contributed by atoms with E-state index in [1.807, 2.05) is 0 Å². The Balaban J connectivity index is 1.44. The summed E-state index contributed by atoms with van der Waals surface area (Å²) in [7, 11) is 0. The fourth-order valence-corrected chi connectivity index (χ4v) is 6.67. The van der Waals surface area contributed by atoms with Crippen LogP contribution in [0.2, 0.25) is 0 Å². The quantitative estimate of drug-likeness (QED) is 0.212. The SMILES string of the molecule is c1ccc(-c2c(-c3cc4ccc5cccc6ccc(c3)c4c56)nn3c(-c4ccccc4)cc4ccccc4c23)cc1. The third-order valence-corrected chi connectivity index (χ3v) is 8.49. The zero-order valence-corrected chi connectivity index (χ0v) is 22.3. The van der Waals surface area contributed by atoms with Crippen LogP contribution < -0.4 is 0 Å². The fourth-order valence-electron chi connectivity index (χ4n) is 6.67. The average molecular weight is 521 g/mol. The number of benzene rings is 7. The van der Waals surface area contributed by atoms with Crippen molar-refractivity contribution in [1.82, 2.24) is 9.61 Å². The molecule has 0 radical (unpaired) electrons. The molecule has 0 aliphatic rings. The fraction of sp³-hybridized carbons (Fsp3) is 0. The predicted molar refractivity (Wildman–Crippen MR) is 173 cm³/mol. The highest BCUT2D eigenvalue weighted by Gasteiger charge is 2.22. The lowest BCUT2D eigenvalue weighted by Gasteiger charge is -2.12. The third-order valence-electron chi connectivity index (χ3n) is 8.49. The lowest BCUT2D eigenvalue weighted by Crippen LogP contribution is -1.95. The van der Waals surface area contributed by atoms with E-state index in [-0.39, 0.29) is 0 Å². The third kappa shape index (κ3) is 3.28. The van der Waals surface area contributed by atoms with Crippen LogP contribution in [0.5, 0.6) is 0 Å². The van der Waals surface area contributed by atoms with Gasteiger partial charge in [0.05, 0.1) is 11.2 Å². The largest absolute Gasteiger partial charge is 0.231 e. The first-order valence-corrected chi connectivity index (χ1v) is 14.1. The van der Waals surface area contributed by atoms with E-state index >= 15 is 0 Å². The van der Waals surface area contributed by atoms with Crippen LogP contribution in [0.3, 0.4) is 0 Å². The predicted octanol–water partition coefficient (Wildman–Crippen LogP) is 10.4. The van der Waals surface area contributed by atoms with Crippen LogP contribution in [-0.4, -0.2) is 9.61 Å². The summed E-state index contributed by atoms with van der Waals surface area (Å²) in [6, 6.07) is 52.5. The Labute approximate surface area is 237 Å². The maximum atomic E-state index is 5.44. The molecule has 190 valence electrons. The molecule has 0 aliphatic heterocycles. The highest BCUT2D eigenvalue weighted by atomic mass is 15.2. The number of hydrogen-bond acceptors (Lipinski definition) is 1. The number of aromatic nitrogens is 2. The van der Waals surface area contributed by atoms with Crippen molar-refractivity contribution in [3.8, 4) is 33.6 Å². The first-order chi connectivity index (χ1) is 20.3. The summed E-state index contributed by atoms with van der Waals surface area (Å²) in [5.41, 5.74) is 7.81. The second-order valence-electron chi connectivity index (χ2n) is 10.8. The highest BCUT2D eigenvalue weighted by Crippen LogP contribution is 2.43. The number of rotatable bonds is 3. The number of hydrogen-bond donors (Lipinski definition) is 0. The Kier molecular flexibility index (Phi) is 4.64. The molecule has 0 bridgehead atoms. The zero-order valence-electron chi connectivity index (χ0n) is 22.3. The number of nitrogens with zero attached hydrogens (tertiary/aromatic N) is 2. The minimum atomic E-state index is 0.996. The molecule has 0 spiro atoms. The first kappa shape index (κ1) is 22.4. The van der Waals surface area contributed by atoms with Crippen molar-refractivity contribution in [3.63, 3.8) is 0 Å². The van der Waals surface area contributed by atoms with Crippen molar-refractivity contribution < 1.29 is 0 Å². The van der Waals surface area contributed by atoms with Gasteiger partial charge in [-0.15, -0.1) is 0 Å². The molecule has 0 unspecified atom stereocenters. The molecule has 0 N–H and O–H groups in total. The Morgan fingerprint density at radius 2 is 0.976 bits per heavy atom. The molecule has 9 rings (SSSR count). The van der Waals surface area contributed by atoms with Gasteiger partial charge in [0, 0.05) is 22.1 Å². The molecule has 0 amide bonds. The minimum absolute atomic E-state index is 0.996. The van der Waals surface area contributed by atoms with Gasteiger partial charge in [-0.05, 0) is 61.5 Å². The normalized spacial score (nSPS) is 11.9. The molecule has 2 aromatic heterocycles. The second kappa shape index (κ2) is 8.51. The van der Waals surface area contributed by atoms with Crippen LogP contribution in [-0.2, 0) is 0 Å². The van der Waals surface area contributed by atoms with Crippen LogP contribution in [0, 0.1) is 0 Å². The van der Waals surface area contributed by atoms with Crippen LogP contribution in [0.25, 0.3) is 82.2 Å². The van der Waals surface area contributed by atoms with E-state index in [1.165, 1.54) is 43.1 Å². The van der Waals surface area contributed by atoms with E-state index in [1.54, 1.807) is 0 Å². The van der Waals surface area contributed by atoms with Crippen LogP contribution in [0.15, 0.2) is 146 Å². The Hall–Kier alpha value is -5.47. The molecule has 41 heavy (non-hydrogen) atoms. The molecule has 0 aliphatic carbocycles. The molecule has 0 saturated heterocycles. The van der Waals surface area contributed by atoms with Gasteiger partial charge in [0.15, 0.2) is 0 Å². The summed E-state index contributed by atoms with van der Waals surface area (Å²) in [6.45, 7) is 0. The molecule has 0 fully saturated rings. The van der Waals surface area contributed by atoms with Gasteiger partial charge in [-0.2, -0.15) is 5.10 Å². The van der Waals surface area contributed by atoms with Gasteiger partial charge in [0.1, 0.15) is 5.69 Å². The van der Waals surface area contributed by atoms with Crippen LogP contribution in [0.4, 0.5) is 0 Å². The molecular formula is C39H24N2. The lowest BCUT2D eigenvalue weighted by molar-refractivity contribution is 0.980. The van der Waals surface area contributed by atoms with Gasteiger partial charge in [-0.25, -0.2) is 4.52 Å². The van der Waals surface area contributed by atoms with Crippen molar-refractivity contribution in [2.24, 2.45) is 0 Å². The summed E-state index contributed by atoms with van der Waals surface area (Å²) < 4.78 is 2.17. The maximum Gasteiger partial charge on any atom is 0.101 e. The van der Waals surface area contributed by atoms with Crippen molar-refractivity contribution in [2.45, 2.75) is 0 Å². The molecule has 9 aromatic rings. The molecular weight excluding hydrogens is 496 g/mol. The van der Waals surface area contributed by atoms with Gasteiger partial charge >= 0.3 is 0 Å². The van der Waals surface area contributed by atoms with Crippen molar-refractivity contribution in [2.75, 3.05) is 0 Å². The van der Waals surface area contributed by atoms with E-state index < -0.39 is 0 Å². The molecule has 2 heteroatoms. The second-order valence-corrected chi connectivity index (χ2v) is 10.8. The Morgan fingerprint density at radius 1 is 0.415 bits per heavy atom. The zero-order chi connectivity index (χ0) is 26.9. The van der Waals surface area contributed by atoms with E-state index in [2.05, 4.69) is 150 Å². The number of fused-ring (bicyclic) bond motifs is 3. The minimum Gasteiger partial charge on any atom is -0.231 e. The molecule has 0 atom stereocenters. The van der Waals surface area contributed by atoms with Gasteiger partial charge < -0.3 is 0 Å². The standard InChI is InChI=1S/C39H24N2/c1-3-10-25(11-4-1)34-24-29-14-7-8-17-33(29)39-37(26-12-5-2-6-13-26)38(40-41(34)39)32-22-30-20-18-27-15-9-16-28-19-21-31(23-32)36(30)35(27)28/h1-24H. The summed E-state index contributed by atoms with van der Waals surface area (Å²) >= 11 is 0. The van der Waals surface area contributed by atoms with Crippen LogP contribution in [0.1, 0.15) is 0 Å². The van der Waals surface area contributed by atoms with Gasteiger partial charge in [-0.3, -0.25) is 0 Å². The summed E-state index contributed by atoms with van der Waals surface area (Å²) in [5, 5.41) is 15.6. The average Bonchev–Trinajstić information content (AvgIpc) is 3.45. The summed E-state index contributed by atoms with van der Waals surface area (Å²) in [5.74, 6) is 0. The van der Waals surface area contributed by atoms with E-state index in [9.17, 15) is 0 Å². The van der Waals surface area contributed by atoms with Gasteiger partial charge in [-0.1, -0.05) is 127 Å². The molecule has 0 saturated carbocycles. The van der Waals surface area contributed by atoms with E-state index in [0.717, 1.165) is 39.2 Å². The van der Waals surface area contributed by atoms with Crippen molar-refractivity contribution in [1.29, 1.82) is 0 Å². The Bertz CT molecular complexity index is 2340. The van der Waals surface area contributed by atoms with Crippen molar-refractivity contribution in [3.05, 3.63) is 146 Å². The molecule has 7 aromatic carbocycles. The molecule has 2 nitrogen and oxygen atoms in total. The van der Waals surface area contributed by atoms with E-state index in [0.29, 0.717) is 0 Å². The maximum absolute atomic E-state index is 5.44. The lowest BCUT2D eigenvalue weighted by atomic mass is 9.91. The van der Waals surface area contributed by atoms with Crippen molar-refractivity contribution >= 4 is 48.6 Å². The Morgan fingerprint density at radius 3 is 1.68 bits per heavy atom. The smallest absolute Gasteiger partial charge is 0.101 e. The van der Waals surface area contributed by atoms with Gasteiger partial charge in [0.25, 0.3) is 0 Å². The number of pyridine rings is 1. The van der Waals surface area contributed by atoms with Crippen LogP contribution >= 0.6 is 0 Å². The highest BCUT2D eigenvalue weighted by molar-refractivity contribution is 6.24. The summed E-state index contributed by atoms with van der Waals surface area (Å²) in [4.78, 5) is 0. The first-order valence-electron chi connectivity index (χ1n) is 14.1. The van der Waals surface area contributed by atoms with E-state index in [4.69, 9.17) is 5.10 Å². The monoisotopic (exact) mass is 520 g/mol. The summed E-state index contributed by atoms with van der Waals surface area (Å²) in [6.07, 6.45) is 0.